The summed E-state index contributed by atoms with van der Waals surface area (Å²) in [6.07, 6.45) is 1.91. The van der Waals surface area contributed by atoms with Gasteiger partial charge in [-0.15, -0.1) is 0 Å². The predicted octanol–water partition coefficient (Wildman–Crippen LogP) is 3.20. The number of carbonyl (C=O) groups excluding carboxylic acids is 1. The summed E-state index contributed by atoms with van der Waals surface area (Å²) in [5, 5.41) is 11.6. The van der Waals surface area contributed by atoms with E-state index in [9.17, 15) is 9.59 Å². The first kappa shape index (κ1) is 20.7. The van der Waals surface area contributed by atoms with Crippen LogP contribution in [0.15, 0.2) is 48.5 Å². The molecule has 2 aromatic rings. The second-order valence-electron chi connectivity index (χ2n) is 6.90. The minimum Gasteiger partial charge on any atom is -0.490 e. The molecule has 1 unspecified atom stereocenters. The largest absolute Gasteiger partial charge is 0.490 e. The number of aliphatic carboxylic acids is 1. The van der Waals surface area contributed by atoms with Crippen molar-refractivity contribution in [1.82, 2.24) is 5.32 Å². The number of benzene rings is 2. The summed E-state index contributed by atoms with van der Waals surface area (Å²) in [6, 6.07) is 13.9. The van der Waals surface area contributed by atoms with E-state index in [1.54, 1.807) is 36.4 Å². The minimum absolute atomic E-state index is 0.158. The van der Waals surface area contributed by atoms with E-state index in [1.165, 1.54) is 0 Å². The van der Waals surface area contributed by atoms with Crippen LogP contribution in [-0.2, 0) is 9.53 Å². The Labute approximate surface area is 169 Å². The van der Waals surface area contributed by atoms with E-state index in [2.05, 4.69) is 5.32 Å². The predicted molar refractivity (Wildman–Crippen MR) is 106 cm³/mol. The lowest BCUT2D eigenvalue weighted by Crippen LogP contribution is -2.27. The minimum atomic E-state index is -1.03. The van der Waals surface area contributed by atoms with Gasteiger partial charge in [-0.05, 0) is 48.9 Å². The van der Waals surface area contributed by atoms with E-state index < -0.39 is 5.97 Å². The monoisotopic (exact) mass is 399 g/mol. The average Bonchev–Trinajstić information content (AvgIpc) is 2.74. The zero-order valence-electron chi connectivity index (χ0n) is 16.3. The van der Waals surface area contributed by atoms with Crippen LogP contribution < -0.4 is 14.8 Å². The van der Waals surface area contributed by atoms with Crippen LogP contribution in [0.25, 0.3) is 0 Å². The number of amides is 1. The van der Waals surface area contributed by atoms with Gasteiger partial charge in [-0.25, -0.2) is 4.79 Å². The van der Waals surface area contributed by atoms with Crippen LogP contribution in [0.5, 0.6) is 11.5 Å². The van der Waals surface area contributed by atoms with Crippen molar-refractivity contribution in [3.8, 4) is 11.5 Å². The molecule has 2 N–H and O–H groups in total. The summed E-state index contributed by atoms with van der Waals surface area (Å²) in [5.74, 6) is 0.00782. The summed E-state index contributed by atoms with van der Waals surface area (Å²) in [5.41, 5.74) is 1.44. The molecule has 1 atom stereocenters. The number of carboxylic acid groups (broad SMARTS) is 1. The van der Waals surface area contributed by atoms with Gasteiger partial charge in [0.1, 0.15) is 17.6 Å². The first-order chi connectivity index (χ1) is 14.0. The molecule has 0 aliphatic carbocycles. The smallest absolute Gasteiger partial charge is 0.341 e. The Balaban J connectivity index is 1.52. The summed E-state index contributed by atoms with van der Waals surface area (Å²) in [7, 11) is 0. The molecule has 154 valence electrons. The Morgan fingerprint density at radius 3 is 2.31 bits per heavy atom. The van der Waals surface area contributed by atoms with E-state index in [4.69, 9.17) is 19.3 Å². The normalized spacial score (nSPS) is 15.3. The topological polar surface area (TPSA) is 94.1 Å². The first-order valence-electron chi connectivity index (χ1n) is 9.61. The van der Waals surface area contributed by atoms with Crippen molar-refractivity contribution >= 4 is 11.9 Å². The maximum absolute atomic E-state index is 12.5. The van der Waals surface area contributed by atoms with Crippen LogP contribution in [0.2, 0.25) is 0 Å². The third kappa shape index (κ3) is 6.22. The van der Waals surface area contributed by atoms with Crippen molar-refractivity contribution in [1.29, 1.82) is 0 Å². The van der Waals surface area contributed by atoms with E-state index >= 15 is 0 Å². The average molecular weight is 399 g/mol. The fourth-order valence-corrected chi connectivity index (χ4v) is 3.03. The van der Waals surface area contributed by atoms with Crippen molar-refractivity contribution in [2.24, 2.45) is 0 Å². The van der Waals surface area contributed by atoms with Gasteiger partial charge < -0.3 is 24.6 Å². The van der Waals surface area contributed by atoms with E-state index in [-0.39, 0.29) is 24.7 Å². The van der Waals surface area contributed by atoms with Crippen LogP contribution in [0.3, 0.4) is 0 Å². The van der Waals surface area contributed by atoms with Gasteiger partial charge in [0.15, 0.2) is 6.61 Å². The fourth-order valence-electron chi connectivity index (χ4n) is 3.03. The maximum Gasteiger partial charge on any atom is 0.341 e. The van der Waals surface area contributed by atoms with Gasteiger partial charge in [-0.2, -0.15) is 0 Å². The second kappa shape index (κ2) is 9.93. The highest BCUT2D eigenvalue weighted by molar-refractivity contribution is 5.94. The third-order valence-corrected chi connectivity index (χ3v) is 4.68. The summed E-state index contributed by atoms with van der Waals surface area (Å²) >= 11 is 0. The van der Waals surface area contributed by atoms with Gasteiger partial charge in [-0.1, -0.05) is 12.1 Å². The van der Waals surface area contributed by atoms with E-state index in [0.29, 0.717) is 11.3 Å². The summed E-state index contributed by atoms with van der Waals surface area (Å²) in [4.78, 5) is 23.1. The molecule has 29 heavy (non-hydrogen) atoms. The molecule has 3 rings (SSSR count). The van der Waals surface area contributed by atoms with Crippen LogP contribution in [0.4, 0.5) is 0 Å². The van der Waals surface area contributed by atoms with Crippen LogP contribution >= 0.6 is 0 Å². The SMILES string of the molecule is CC(NC(=O)c1ccc(OC2CCOCC2)cc1)c1ccc(OCC(=O)O)cc1. The molecule has 1 aliphatic heterocycles. The number of nitrogens with one attached hydrogen (secondary N) is 1. The van der Waals surface area contributed by atoms with Crippen LogP contribution in [-0.4, -0.2) is 42.9 Å². The Kier molecular flexibility index (Phi) is 7.08. The van der Waals surface area contributed by atoms with Gasteiger partial charge in [0.2, 0.25) is 0 Å². The van der Waals surface area contributed by atoms with Crippen LogP contribution in [0, 0.1) is 0 Å². The molecule has 0 saturated carbocycles. The molecule has 0 radical (unpaired) electrons. The van der Waals surface area contributed by atoms with Gasteiger partial charge >= 0.3 is 5.97 Å². The second-order valence-corrected chi connectivity index (χ2v) is 6.90. The fraction of sp³-hybridized carbons (Fsp3) is 0.364. The van der Waals surface area contributed by atoms with Gasteiger partial charge in [-0.3, -0.25) is 4.79 Å². The van der Waals surface area contributed by atoms with Crippen molar-refractivity contribution in [3.63, 3.8) is 0 Å². The molecule has 1 aliphatic rings. The molecule has 0 bridgehead atoms. The Morgan fingerprint density at radius 2 is 1.69 bits per heavy atom. The molecule has 1 saturated heterocycles. The summed E-state index contributed by atoms with van der Waals surface area (Å²) in [6.45, 7) is 2.93. The number of hydrogen-bond donors (Lipinski definition) is 2. The molecule has 1 fully saturated rings. The van der Waals surface area contributed by atoms with Gasteiger partial charge in [0.05, 0.1) is 19.3 Å². The molecule has 7 nitrogen and oxygen atoms in total. The van der Waals surface area contributed by atoms with Crippen molar-refractivity contribution in [2.45, 2.75) is 31.9 Å². The lowest BCUT2D eigenvalue weighted by atomic mass is 10.1. The summed E-state index contributed by atoms with van der Waals surface area (Å²) < 4.78 is 16.4. The first-order valence-corrected chi connectivity index (χ1v) is 9.61. The third-order valence-electron chi connectivity index (χ3n) is 4.68. The van der Waals surface area contributed by atoms with E-state index in [0.717, 1.165) is 37.4 Å². The molecule has 1 heterocycles. The Hall–Kier alpha value is -3.06. The number of carboxylic acids is 1. The number of rotatable bonds is 8. The quantitative estimate of drug-likeness (QED) is 0.708. The molecule has 7 heteroatoms. The zero-order chi connectivity index (χ0) is 20.6. The van der Waals surface area contributed by atoms with E-state index in [1.807, 2.05) is 19.1 Å². The van der Waals surface area contributed by atoms with Crippen molar-refractivity contribution < 1.29 is 28.9 Å². The van der Waals surface area contributed by atoms with Crippen molar-refractivity contribution in [2.75, 3.05) is 19.8 Å². The molecular weight excluding hydrogens is 374 g/mol. The van der Waals surface area contributed by atoms with Gasteiger partial charge in [0, 0.05) is 18.4 Å². The highest BCUT2D eigenvalue weighted by Gasteiger charge is 2.16. The lowest BCUT2D eigenvalue weighted by Gasteiger charge is -2.23. The Bertz CT molecular complexity index is 812. The molecule has 1 amide bonds. The highest BCUT2D eigenvalue weighted by Crippen LogP contribution is 2.20. The van der Waals surface area contributed by atoms with Crippen molar-refractivity contribution in [3.05, 3.63) is 59.7 Å². The van der Waals surface area contributed by atoms with Gasteiger partial charge in [0.25, 0.3) is 5.91 Å². The molecule has 0 aromatic heterocycles. The number of carbonyl (C=O) groups is 2. The number of ether oxygens (including phenoxy) is 3. The highest BCUT2D eigenvalue weighted by atomic mass is 16.5. The molecule has 0 spiro atoms. The standard InChI is InChI=1S/C22H25NO6/c1-15(16-2-6-18(7-3-16)28-14-21(24)25)23-22(26)17-4-8-19(9-5-17)29-20-10-12-27-13-11-20/h2-9,15,20H,10-14H2,1H3,(H,23,26)(H,24,25). The Morgan fingerprint density at radius 1 is 1.07 bits per heavy atom. The molecule has 2 aromatic carbocycles. The lowest BCUT2D eigenvalue weighted by molar-refractivity contribution is -0.139. The zero-order valence-corrected chi connectivity index (χ0v) is 16.3. The van der Waals surface area contributed by atoms with Crippen LogP contribution in [0.1, 0.15) is 41.7 Å². The molecular formula is C22H25NO6. The number of hydrogen-bond acceptors (Lipinski definition) is 5. The maximum atomic E-state index is 12.5.